The topological polar surface area (TPSA) is 78.9 Å². The molecule has 0 radical (unpaired) electrons. The molecule has 0 spiro atoms. The van der Waals surface area contributed by atoms with Gasteiger partial charge in [0, 0.05) is 12.8 Å². The molecule has 2 atom stereocenters. The van der Waals surface area contributed by atoms with Crippen molar-refractivity contribution in [3.63, 3.8) is 0 Å². The fourth-order valence-electron chi connectivity index (χ4n) is 3.46. The highest BCUT2D eigenvalue weighted by Crippen LogP contribution is 2.41. The van der Waals surface area contributed by atoms with Gasteiger partial charge in [0.2, 0.25) is 0 Å². The second kappa shape index (κ2) is 8.65. The van der Waals surface area contributed by atoms with Crippen molar-refractivity contribution in [3.05, 3.63) is 48.0 Å². The fourth-order valence-corrected chi connectivity index (χ4v) is 3.46. The third kappa shape index (κ3) is 4.12. The molecule has 0 amide bonds. The number of carbonyl (C=O) groups excluding carboxylic acids is 3. The van der Waals surface area contributed by atoms with Crippen LogP contribution in [0.2, 0.25) is 0 Å². The molecule has 0 bridgehead atoms. The van der Waals surface area contributed by atoms with Crippen LogP contribution in [-0.4, -0.2) is 38.2 Å². The zero-order valence-corrected chi connectivity index (χ0v) is 15.3. The summed E-state index contributed by atoms with van der Waals surface area (Å²) in [5.41, 5.74) is -0.651. The van der Waals surface area contributed by atoms with Crippen LogP contribution in [0, 0.1) is 11.3 Å². The van der Waals surface area contributed by atoms with Gasteiger partial charge in [-0.1, -0.05) is 36.4 Å². The van der Waals surface area contributed by atoms with Crippen LogP contribution in [0.25, 0.3) is 0 Å². The van der Waals surface area contributed by atoms with E-state index in [9.17, 15) is 14.4 Å². The monoisotopic (exact) mass is 360 g/mol. The lowest BCUT2D eigenvalue weighted by Gasteiger charge is -2.36. The van der Waals surface area contributed by atoms with Crippen molar-refractivity contribution in [3.8, 4) is 0 Å². The molecule has 1 aromatic carbocycles. The zero-order valence-electron chi connectivity index (χ0n) is 15.3. The zero-order chi connectivity index (χ0) is 19.2. The molecule has 140 valence electrons. The Morgan fingerprint density at radius 1 is 1.00 bits per heavy atom. The Hall–Kier alpha value is -2.63. The predicted octanol–water partition coefficient (Wildman–Crippen LogP) is 2.46. The largest absolute Gasteiger partial charge is 0.468 e. The highest BCUT2D eigenvalue weighted by Gasteiger charge is 2.54. The summed E-state index contributed by atoms with van der Waals surface area (Å²) in [5, 5.41) is 0. The van der Waals surface area contributed by atoms with Crippen LogP contribution in [0.15, 0.2) is 42.5 Å². The lowest BCUT2D eigenvalue weighted by molar-refractivity contribution is -0.173. The van der Waals surface area contributed by atoms with Crippen LogP contribution >= 0.6 is 0 Å². The first kappa shape index (κ1) is 19.7. The van der Waals surface area contributed by atoms with E-state index in [-0.39, 0.29) is 18.5 Å². The first-order chi connectivity index (χ1) is 12.4. The Kier molecular flexibility index (Phi) is 6.55. The van der Waals surface area contributed by atoms with Crippen molar-refractivity contribution in [2.24, 2.45) is 11.3 Å². The number of rotatable bonds is 6. The normalized spacial score (nSPS) is 19.5. The summed E-state index contributed by atoms with van der Waals surface area (Å²) in [4.78, 5) is 36.6. The van der Waals surface area contributed by atoms with Gasteiger partial charge in [0.25, 0.3) is 0 Å². The minimum atomic E-state index is -1.48. The summed E-state index contributed by atoms with van der Waals surface area (Å²) in [7, 11) is 2.53. The molecule has 6 heteroatoms. The van der Waals surface area contributed by atoms with E-state index in [4.69, 9.17) is 14.2 Å². The minimum absolute atomic E-state index is 0.167. The summed E-state index contributed by atoms with van der Waals surface area (Å²) in [5.74, 6) is -2.05. The van der Waals surface area contributed by atoms with Crippen molar-refractivity contribution in [2.75, 3.05) is 14.2 Å². The van der Waals surface area contributed by atoms with Crippen LogP contribution < -0.4 is 0 Å². The third-order valence-electron chi connectivity index (χ3n) is 4.70. The number of hydrogen-bond acceptors (Lipinski definition) is 6. The Morgan fingerprint density at radius 3 is 2.08 bits per heavy atom. The van der Waals surface area contributed by atoms with Gasteiger partial charge in [0.1, 0.15) is 6.10 Å². The Morgan fingerprint density at radius 2 is 1.62 bits per heavy atom. The van der Waals surface area contributed by atoms with Gasteiger partial charge in [-0.25, -0.2) is 0 Å². The molecule has 0 heterocycles. The maximum absolute atomic E-state index is 12.8. The van der Waals surface area contributed by atoms with Crippen molar-refractivity contribution in [1.82, 2.24) is 0 Å². The van der Waals surface area contributed by atoms with Gasteiger partial charge in [0.05, 0.1) is 14.2 Å². The van der Waals surface area contributed by atoms with E-state index in [0.717, 1.165) is 5.56 Å². The first-order valence-electron chi connectivity index (χ1n) is 8.50. The standard InChI is InChI=1S/C20H24O6/c1-14(21)26-17-11-9-16(10-12-17)20(18(22)24-2,19(23)25-3)13-15-7-5-4-6-8-15/h4-9,11,16-17H,10,12-13H2,1-3H3/t16-,17+/m1/s1. The number of methoxy groups -OCH3 is 2. The van der Waals surface area contributed by atoms with Gasteiger partial charge in [0.15, 0.2) is 5.41 Å². The maximum Gasteiger partial charge on any atom is 0.324 e. The average molecular weight is 360 g/mol. The Labute approximate surface area is 153 Å². The summed E-state index contributed by atoms with van der Waals surface area (Å²) in [6.45, 7) is 1.35. The fraction of sp³-hybridized carbons (Fsp3) is 0.450. The molecule has 0 fully saturated rings. The highest BCUT2D eigenvalue weighted by molar-refractivity contribution is 6.01. The highest BCUT2D eigenvalue weighted by atomic mass is 16.5. The van der Waals surface area contributed by atoms with Gasteiger partial charge in [-0.2, -0.15) is 0 Å². The van der Waals surface area contributed by atoms with E-state index in [1.165, 1.54) is 21.1 Å². The summed E-state index contributed by atoms with van der Waals surface area (Å²) in [6, 6.07) is 9.28. The number of carbonyl (C=O) groups is 3. The van der Waals surface area contributed by atoms with E-state index >= 15 is 0 Å². The number of esters is 3. The van der Waals surface area contributed by atoms with Crippen molar-refractivity contribution >= 4 is 17.9 Å². The molecule has 0 saturated carbocycles. The summed E-state index contributed by atoms with van der Waals surface area (Å²) >= 11 is 0. The smallest absolute Gasteiger partial charge is 0.324 e. The molecule has 0 aliphatic heterocycles. The number of allylic oxidation sites excluding steroid dienone is 1. The lowest BCUT2D eigenvalue weighted by atomic mass is 9.67. The first-order valence-corrected chi connectivity index (χ1v) is 8.50. The van der Waals surface area contributed by atoms with E-state index in [1.807, 2.05) is 30.3 Å². The molecule has 0 aromatic heterocycles. The summed E-state index contributed by atoms with van der Waals surface area (Å²) in [6.07, 6.45) is 4.31. The van der Waals surface area contributed by atoms with Crippen LogP contribution in [-0.2, 0) is 35.0 Å². The molecule has 0 unspecified atom stereocenters. The van der Waals surface area contributed by atoms with E-state index in [1.54, 1.807) is 12.2 Å². The lowest BCUT2D eigenvalue weighted by Crippen LogP contribution is -2.49. The van der Waals surface area contributed by atoms with Crippen molar-refractivity contribution in [1.29, 1.82) is 0 Å². The van der Waals surface area contributed by atoms with Crippen molar-refractivity contribution in [2.45, 2.75) is 32.3 Å². The molecule has 0 N–H and O–H groups in total. The maximum atomic E-state index is 12.8. The molecule has 0 saturated heterocycles. The number of ether oxygens (including phenoxy) is 3. The van der Waals surface area contributed by atoms with Crippen LogP contribution in [0.4, 0.5) is 0 Å². The molecule has 6 nitrogen and oxygen atoms in total. The summed E-state index contributed by atoms with van der Waals surface area (Å²) < 4.78 is 15.2. The molecular formula is C20H24O6. The van der Waals surface area contributed by atoms with E-state index < -0.39 is 23.3 Å². The van der Waals surface area contributed by atoms with Gasteiger partial charge < -0.3 is 14.2 Å². The van der Waals surface area contributed by atoms with E-state index in [0.29, 0.717) is 12.8 Å². The Balaban J connectivity index is 2.41. The van der Waals surface area contributed by atoms with E-state index in [2.05, 4.69) is 0 Å². The number of benzene rings is 1. The molecule has 1 aromatic rings. The molecule has 2 rings (SSSR count). The quantitative estimate of drug-likeness (QED) is 0.336. The van der Waals surface area contributed by atoms with Crippen molar-refractivity contribution < 1.29 is 28.6 Å². The molecule has 26 heavy (non-hydrogen) atoms. The average Bonchev–Trinajstić information content (AvgIpc) is 2.66. The molecule has 1 aliphatic rings. The predicted molar refractivity (Wildman–Crippen MR) is 94.0 cm³/mol. The second-order valence-electron chi connectivity index (χ2n) is 6.33. The number of hydrogen-bond donors (Lipinski definition) is 0. The van der Waals surface area contributed by atoms with Gasteiger partial charge in [-0.3, -0.25) is 14.4 Å². The minimum Gasteiger partial charge on any atom is -0.468 e. The molecular weight excluding hydrogens is 336 g/mol. The Bertz CT molecular complexity index is 663. The second-order valence-corrected chi connectivity index (χ2v) is 6.33. The van der Waals surface area contributed by atoms with Gasteiger partial charge in [-0.15, -0.1) is 0 Å². The molecule has 1 aliphatic carbocycles. The third-order valence-corrected chi connectivity index (χ3v) is 4.70. The van der Waals surface area contributed by atoms with Crippen LogP contribution in [0.1, 0.15) is 25.3 Å². The SMILES string of the molecule is COC(=O)C(Cc1ccccc1)(C(=O)OC)[C@@H]1C=C[C@H](OC(C)=O)CC1. The van der Waals surface area contributed by atoms with Gasteiger partial charge >= 0.3 is 17.9 Å². The van der Waals surface area contributed by atoms with Crippen LogP contribution in [0.5, 0.6) is 0 Å². The van der Waals surface area contributed by atoms with Crippen LogP contribution in [0.3, 0.4) is 0 Å². The van der Waals surface area contributed by atoms with Gasteiger partial charge in [-0.05, 0) is 30.9 Å².